The lowest BCUT2D eigenvalue weighted by molar-refractivity contribution is -0.119. The number of anilines is 3. The van der Waals surface area contributed by atoms with E-state index in [0.29, 0.717) is 5.95 Å². The van der Waals surface area contributed by atoms with Crippen LogP contribution in [-0.2, 0) is 10.2 Å². The Labute approximate surface area is 127 Å². The molecule has 3 heterocycles. The number of hydrogen-bond donors (Lipinski definition) is 2. The third-order valence-electron chi connectivity index (χ3n) is 4.01. The van der Waals surface area contributed by atoms with Gasteiger partial charge in [-0.05, 0) is 43.7 Å². The van der Waals surface area contributed by atoms with E-state index in [1.165, 1.54) is 0 Å². The van der Waals surface area contributed by atoms with E-state index in [4.69, 9.17) is 0 Å². The number of benzene rings is 1. The maximum absolute atomic E-state index is 12.0. The zero-order chi connectivity index (χ0) is 15.3. The van der Waals surface area contributed by atoms with Gasteiger partial charge in [0, 0.05) is 17.6 Å². The first kappa shape index (κ1) is 12.8. The van der Waals surface area contributed by atoms with Crippen molar-refractivity contribution in [1.29, 1.82) is 0 Å². The monoisotopic (exact) mass is 293 g/mol. The number of carbonyl (C=O) groups is 1. The molecule has 0 radical (unpaired) electrons. The molecule has 6 heteroatoms. The molecule has 0 unspecified atom stereocenters. The largest absolute Gasteiger partial charge is 0.325 e. The molecule has 110 valence electrons. The van der Waals surface area contributed by atoms with E-state index in [0.717, 1.165) is 22.6 Å². The van der Waals surface area contributed by atoms with E-state index in [1.807, 2.05) is 56.4 Å². The molecule has 1 aliphatic heterocycles. The van der Waals surface area contributed by atoms with Crippen molar-refractivity contribution in [2.75, 3.05) is 10.6 Å². The van der Waals surface area contributed by atoms with Crippen LogP contribution < -0.4 is 10.6 Å². The predicted molar refractivity (Wildman–Crippen MR) is 84.4 cm³/mol. The van der Waals surface area contributed by atoms with Crippen LogP contribution in [0.2, 0.25) is 0 Å². The van der Waals surface area contributed by atoms with Gasteiger partial charge in [0.1, 0.15) is 0 Å². The van der Waals surface area contributed by atoms with Crippen molar-refractivity contribution in [3.63, 3.8) is 0 Å². The first-order valence-corrected chi connectivity index (χ1v) is 7.08. The first-order chi connectivity index (χ1) is 10.5. The maximum Gasteiger partial charge on any atom is 0.247 e. The summed E-state index contributed by atoms with van der Waals surface area (Å²) in [7, 11) is 0. The number of amides is 1. The van der Waals surface area contributed by atoms with Gasteiger partial charge in [-0.15, -0.1) is 5.10 Å². The number of hydrogen-bond acceptors (Lipinski definition) is 4. The molecular formula is C16H15N5O. The molecular weight excluding hydrogens is 278 g/mol. The minimum Gasteiger partial charge on any atom is -0.325 e. The second-order valence-corrected chi connectivity index (χ2v) is 5.90. The zero-order valence-corrected chi connectivity index (χ0v) is 12.3. The molecule has 22 heavy (non-hydrogen) atoms. The van der Waals surface area contributed by atoms with Crippen molar-refractivity contribution in [3.05, 3.63) is 48.2 Å². The van der Waals surface area contributed by atoms with Gasteiger partial charge >= 0.3 is 0 Å². The van der Waals surface area contributed by atoms with Gasteiger partial charge in [0.15, 0.2) is 5.65 Å². The van der Waals surface area contributed by atoms with Gasteiger partial charge in [0.25, 0.3) is 0 Å². The van der Waals surface area contributed by atoms with Gasteiger partial charge in [-0.1, -0.05) is 12.1 Å². The van der Waals surface area contributed by atoms with Crippen molar-refractivity contribution >= 4 is 28.9 Å². The summed E-state index contributed by atoms with van der Waals surface area (Å²) in [5.74, 6) is 0.542. The van der Waals surface area contributed by atoms with Gasteiger partial charge in [-0.25, -0.2) is 4.52 Å². The molecule has 0 fully saturated rings. The zero-order valence-electron chi connectivity index (χ0n) is 12.3. The molecule has 0 bridgehead atoms. The van der Waals surface area contributed by atoms with E-state index >= 15 is 0 Å². The highest BCUT2D eigenvalue weighted by atomic mass is 16.2. The van der Waals surface area contributed by atoms with Crippen LogP contribution in [0.15, 0.2) is 42.6 Å². The molecule has 0 saturated heterocycles. The van der Waals surface area contributed by atoms with Crippen molar-refractivity contribution < 1.29 is 4.79 Å². The van der Waals surface area contributed by atoms with Crippen LogP contribution in [0.25, 0.3) is 5.65 Å². The van der Waals surface area contributed by atoms with Gasteiger partial charge in [-0.3, -0.25) is 4.79 Å². The number of nitrogens with one attached hydrogen (secondary N) is 2. The number of fused-ring (bicyclic) bond motifs is 2. The third-order valence-corrected chi connectivity index (χ3v) is 4.01. The van der Waals surface area contributed by atoms with E-state index in [9.17, 15) is 4.79 Å². The molecule has 1 amide bonds. The summed E-state index contributed by atoms with van der Waals surface area (Å²) < 4.78 is 1.71. The molecule has 4 rings (SSSR count). The maximum atomic E-state index is 12.0. The molecule has 6 nitrogen and oxygen atoms in total. The Morgan fingerprint density at radius 3 is 2.91 bits per heavy atom. The molecule has 2 N–H and O–H groups in total. The van der Waals surface area contributed by atoms with Crippen molar-refractivity contribution in [3.8, 4) is 0 Å². The van der Waals surface area contributed by atoms with Crippen LogP contribution in [0.3, 0.4) is 0 Å². The van der Waals surface area contributed by atoms with Crippen molar-refractivity contribution in [2.45, 2.75) is 19.3 Å². The lowest BCUT2D eigenvalue weighted by atomic mass is 9.86. The average molecular weight is 293 g/mol. The highest BCUT2D eigenvalue weighted by Crippen LogP contribution is 2.38. The number of carbonyl (C=O) groups excluding carboxylic acids is 1. The van der Waals surface area contributed by atoms with Crippen LogP contribution >= 0.6 is 0 Å². The number of pyridine rings is 1. The molecule has 0 aliphatic carbocycles. The Morgan fingerprint density at radius 1 is 1.23 bits per heavy atom. The van der Waals surface area contributed by atoms with E-state index < -0.39 is 5.41 Å². The predicted octanol–water partition coefficient (Wildman–Crippen LogP) is 2.70. The minimum atomic E-state index is -0.491. The van der Waals surface area contributed by atoms with E-state index in [1.54, 1.807) is 4.52 Å². The summed E-state index contributed by atoms with van der Waals surface area (Å²) in [5.41, 5.74) is 2.97. The van der Waals surface area contributed by atoms with Gasteiger partial charge in [0.05, 0.1) is 5.41 Å². The molecule has 2 aromatic heterocycles. The second kappa shape index (κ2) is 4.30. The highest BCUT2D eigenvalue weighted by molar-refractivity contribution is 6.06. The number of aromatic nitrogens is 3. The summed E-state index contributed by atoms with van der Waals surface area (Å²) in [6, 6.07) is 11.5. The van der Waals surface area contributed by atoms with Crippen molar-refractivity contribution in [1.82, 2.24) is 14.6 Å². The fraction of sp³-hybridized carbons (Fsp3) is 0.188. The number of rotatable bonds is 2. The van der Waals surface area contributed by atoms with Crippen molar-refractivity contribution in [2.24, 2.45) is 0 Å². The summed E-state index contributed by atoms with van der Waals surface area (Å²) >= 11 is 0. The van der Waals surface area contributed by atoms with Crippen LogP contribution in [0, 0.1) is 0 Å². The molecule has 0 atom stereocenters. The van der Waals surface area contributed by atoms with E-state index in [-0.39, 0.29) is 5.91 Å². The lowest BCUT2D eigenvalue weighted by Crippen LogP contribution is -2.26. The smallest absolute Gasteiger partial charge is 0.247 e. The molecule has 0 saturated carbocycles. The minimum absolute atomic E-state index is 0.0190. The number of nitrogens with zero attached hydrogens (tertiary/aromatic N) is 3. The quantitative estimate of drug-likeness (QED) is 0.762. The van der Waals surface area contributed by atoms with Crippen LogP contribution in [-0.4, -0.2) is 20.5 Å². The summed E-state index contributed by atoms with van der Waals surface area (Å²) in [4.78, 5) is 16.4. The molecule has 1 aliphatic rings. The van der Waals surface area contributed by atoms with Crippen LogP contribution in [0.4, 0.5) is 17.3 Å². The summed E-state index contributed by atoms with van der Waals surface area (Å²) in [6.07, 6.45) is 1.85. The van der Waals surface area contributed by atoms with Gasteiger partial charge < -0.3 is 10.6 Å². The first-order valence-electron chi connectivity index (χ1n) is 7.08. The Hall–Kier alpha value is -2.89. The molecule has 1 aromatic carbocycles. The SMILES string of the molecule is CC1(C)C(=O)Nc2cc(Nc3nc4ccccn4n3)ccc21. The third kappa shape index (κ3) is 1.84. The van der Waals surface area contributed by atoms with Crippen LogP contribution in [0.1, 0.15) is 19.4 Å². The molecule has 3 aromatic rings. The topological polar surface area (TPSA) is 71.3 Å². The van der Waals surface area contributed by atoms with Gasteiger partial charge in [0.2, 0.25) is 11.9 Å². The summed E-state index contributed by atoms with van der Waals surface area (Å²) in [5, 5.41) is 10.4. The van der Waals surface area contributed by atoms with Crippen LogP contribution in [0.5, 0.6) is 0 Å². The Balaban J connectivity index is 1.67. The highest BCUT2D eigenvalue weighted by Gasteiger charge is 2.38. The fourth-order valence-electron chi connectivity index (χ4n) is 2.68. The fourth-order valence-corrected chi connectivity index (χ4v) is 2.68. The van der Waals surface area contributed by atoms with Gasteiger partial charge in [-0.2, -0.15) is 4.98 Å². The Kier molecular flexibility index (Phi) is 2.51. The van der Waals surface area contributed by atoms with E-state index in [2.05, 4.69) is 20.7 Å². The molecule has 0 spiro atoms. The lowest BCUT2D eigenvalue weighted by Gasteiger charge is -2.14. The summed E-state index contributed by atoms with van der Waals surface area (Å²) in [6.45, 7) is 3.84. The second-order valence-electron chi connectivity index (χ2n) is 5.90. The Bertz CT molecular complexity index is 863. The Morgan fingerprint density at radius 2 is 2.09 bits per heavy atom. The normalized spacial score (nSPS) is 15.6. The average Bonchev–Trinajstić information content (AvgIpc) is 2.98. The standard InChI is InChI=1S/C16H15N5O/c1-16(2)11-7-6-10(9-12(11)18-14(16)22)17-15-19-13-5-3-4-8-21(13)20-15/h3-9H,1-2H3,(H,17,20)(H,18,22).